The van der Waals surface area contributed by atoms with E-state index in [0.717, 1.165) is 5.56 Å². The van der Waals surface area contributed by atoms with Crippen molar-refractivity contribution >= 4 is 11.8 Å². The van der Waals surface area contributed by atoms with Crippen molar-refractivity contribution in [2.75, 3.05) is 11.9 Å². The minimum atomic E-state index is -1.05. The van der Waals surface area contributed by atoms with Crippen LogP contribution in [-0.2, 0) is 6.54 Å². The molecule has 0 radical (unpaired) electrons. The Bertz CT molecular complexity index is 689. The molecule has 1 aromatic carbocycles. The summed E-state index contributed by atoms with van der Waals surface area (Å²) in [5, 5.41) is 17.3. The van der Waals surface area contributed by atoms with E-state index in [0.29, 0.717) is 17.8 Å². The van der Waals surface area contributed by atoms with Gasteiger partial charge in [0, 0.05) is 13.6 Å². The van der Waals surface area contributed by atoms with E-state index >= 15 is 0 Å². The highest BCUT2D eigenvalue weighted by atomic mass is 19.1. The first-order valence-corrected chi connectivity index (χ1v) is 6.43. The normalized spacial score (nSPS) is 10.5. The Morgan fingerprint density at radius 2 is 2.05 bits per heavy atom. The van der Waals surface area contributed by atoms with Crippen molar-refractivity contribution in [3.05, 3.63) is 52.5 Å². The van der Waals surface area contributed by atoms with Crippen LogP contribution in [0.15, 0.2) is 24.3 Å². The van der Waals surface area contributed by atoms with Crippen LogP contribution in [-0.4, -0.2) is 28.3 Å². The van der Waals surface area contributed by atoms with Crippen molar-refractivity contribution in [1.29, 1.82) is 0 Å². The van der Waals surface area contributed by atoms with E-state index in [1.54, 1.807) is 37.9 Å². The van der Waals surface area contributed by atoms with E-state index in [9.17, 15) is 14.3 Å². The lowest BCUT2D eigenvalue weighted by Crippen LogP contribution is -2.22. The van der Waals surface area contributed by atoms with Crippen LogP contribution in [0.5, 0.6) is 0 Å². The van der Waals surface area contributed by atoms with Gasteiger partial charge < -0.3 is 10.0 Å². The number of carboxylic acid groups (broad SMARTS) is 1. The summed E-state index contributed by atoms with van der Waals surface area (Å²) in [4.78, 5) is 13.1. The number of carboxylic acids is 1. The molecule has 0 fully saturated rings. The monoisotopic (exact) mass is 289 g/mol. The molecule has 1 aromatic heterocycles. The van der Waals surface area contributed by atoms with Crippen LogP contribution < -0.4 is 4.90 Å². The Hall–Kier alpha value is -2.50. The molecule has 2 rings (SSSR count). The lowest BCUT2D eigenvalue weighted by Gasteiger charge is -2.20. The van der Waals surface area contributed by atoms with Gasteiger partial charge in [-0.15, -0.1) is 5.10 Å². The van der Waals surface area contributed by atoms with Crippen molar-refractivity contribution < 1.29 is 14.3 Å². The Kier molecular flexibility index (Phi) is 4.16. The molecule has 1 N–H and O–H groups in total. The summed E-state index contributed by atoms with van der Waals surface area (Å²) in [5.41, 5.74) is 2.02. The zero-order valence-electron chi connectivity index (χ0n) is 12.1. The standard InChI is InChI=1S/C15H16FN3O2/c1-9-10(2)17-18-14(13(9)15(20)21)19(3)8-11-5-4-6-12(16)7-11/h4-7H,8H2,1-3H3,(H,20,21). The van der Waals surface area contributed by atoms with Gasteiger partial charge >= 0.3 is 5.97 Å². The lowest BCUT2D eigenvalue weighted by atomic mass is 10.1. The molecule has 6 heteroatoms. The third-order valence-electron chi connectivity index (χ3n) is 3.32. The zero-order chi connectivity index (χ0) is 15.6. The Morgan fingerprint density at radius 1 is 1.33 bits per heavy atom. The van der Waals surface area contributed by atoms with E-state index < -0.39 is 5.97 Å². The molecule has 0 spiro atoms. The van der Waals surface area contributed by atoms with Crippen LogP contribution in [0.2, 0.25) is 0 Å². The minimum absolute atomic E-state index is 0.126. The molecule has 21 heavy (non-hydrogen) atoms. The maximum Gasteiger partial charge on any atom is 0.339 e. The zero-order valence-corrected chi connectivity index (χ0v) is 12.1. The summed E-state index contributed by atoms with van der Waals surface area (Å²) in [6.45, 7) is 3.76. The third-order valence-corrected chi connectivity index (χ3v) is 3.32. The topological polar surface area (TPSA) is 66.3 Å². The van der Waals surface area contributed by atoms with Gasteiger partial charge in [-0.1, -0.05) is 12.1 Å². The second kappa shape index (κ2) is 5.87. The molecular formula is C15H16FN3O2. The Balaban J connectivity index is 2.37. The van der Waals surface area contributed by atoms with Crippen LogP contribution in [0.1, 0.15) is 27.2 Å². The molecule has 1 heterocycles. The highest BCUT2D eigenvalue weighted by Gasteiger charge is 2.20. The van der Waals surface area contributed by atoms with Gasteiger partial charge in [-0.05, 0) is 37.1 Å². The van der Waals surface area contributed by atoms with E-state index in [4.69, 9.17) is 0 Å². The number of aromatic nitrogens is 2. The maximum atomic E-state index is 13.2. The van der Waals surface area contributed by atoms with Crippen LogP contribution in [0.3, 0.4) is 0 Å². The summed E-state index contributed by atoms with van der Waals surface area (Å²) >= 11 is 0. The molecule has 0 saturated heterocycles. The van der Waals surface area contributed by atoms with Crippen molar-refractivity contribution in [2.45, 2.75) is 20.4 Å². The molecule has 5 nitrogen and oxygen atoms in total. The largest absolute Gasteiger partial charge is 0.478 e. The van der Waals surface area contributed by atoms with Crippen LogP contribution in [0, 0.1) is 19.7 Å². The molecule has 110 valence electrons. The fourth-order valence-corrected chi connectivity index (χ4v) is 2.10. The predicted molar refractivity (Wildman–Crippen MR) is 77.0 cm³/mol. The van der Waals surface area contributed by atoms with Gasteiger partial charge in [0.2, 0.25) is 0 Å². The molecule has 0 unspecified atom stereocenters. The number of halogens is 1. The third kappa shape index (κ3) is 3.16. The predicted octanol–water partition coefficient (Wildman–Crippen LogP) is 2.57. The summed E-state index contributed by atoms with van der Waals surface area (Å²) in [6.07, 6.45) is 0. The van der Waals surface area contributed by atoms with Gasteiger partial charge in [-0.25, -0.2) is 9.18 Å². The fraction of sp³-hybridized carbons (Fsp3) is 0.267. The number of hydrogen-bond acceptors (Lipinski definition) is 4. The number of carbonyl (C=O) groups is 1. The number of aromatic carboxylic acids is 1. The Morgan fingerprint density at radius 3 is 2.67 bits per heavy atom. The molecule has 0 aliphatic rings. The molecule has 0 aliphatic heterocycles. The molecule has 0 atom stereocenters. The fourth-order valence-electron chi connectivity index (χ4n) is 2.10. The summed E-state index contributed by atoms with van der Waals surface area (Å²) < 4.78 is 13.2. The van der Waals surface area contributed by atoms with Crippen LogP contribution in [0.4, 0.5) is 10.2 Å². The number of rotatable bonds is 4. The summed E-state index contributed by atoms with van der Waals surface area (Å²) in [5.74, 6) is -1.10. The summed E-state index contributed by atoms with van der Waals surface area (Å²) in [6, 6.07) is 6.16. The van der Waals surface area contributed by atoms with Crippen molar-refractivity contribution in [1.82, 2.24) is 10.2 Å². The Labute approximate surface area is 122 Å². The average Bonchev–Trinajstić information content (AvgIpc) is 2.41. The van der Waals surface area contributed by atoms with Gasteiger partial charge in [0.1, 0.15) is 11.4 Å². The van der Waals surface area contributed by atoms with Crippen LogP contribution >= 0.6 is 0 Å². The SMILES string of the molecule is Cc1nnc(N(C)Cc2cccc(F)c2)c(C(=O)O)c1C. The summed E-state index contributed by atoms with van der Waals surface area (Å²) in [7, 11) is 1.70. The second-order valence-electron chi connectivity index (χ2n) is 4.90. The highest BCUT2D eigenvalue weighted by Crippen LogP contribution is 2.22. The van der Waals surface area contributed by atoms with Gasteiger partial charge in [-0.2, -0.15) is 5.10 Å². The van der Waals surface area contributed by atoms with Gasteiger partial charge in [0.05, 0.1) is 5.69 Å². The smallest absolute Gasteiger partial charge is 0.339 e. The number of anilines is 1. The van der Waals surface area contributed by atoms with E-state index in [1.165, 1.54) is 12.1 Å². The molecule has 2 aromatic rings. The van der Waals surface area contributed by atoms with Crippen LogP contribution in [0.25, 0.3) is 0 Å². The first kappa shape index (κ1) is 14.9. The van der Waals surface area contributed by atoms with Gasteiger partial charge in [0.15, 0.2) is 5.82 Å². The molecule has 0 amide bonds. The quantitative estimate of drug-likeness (QED) is 0.937. The first-order chi connectivity index (χ1) is 9.90. The maximum absolute atomic E-state index is 13.2. The van der Waals surface area contributed by atoms with E-state index in [1.807, 2.05) is 0 Å². The van der Waals surface area contributed by atoms with Crippen molar-refractivity contribution in [3.8, 4) is 0 Å². The van der Waals surface area contributed by atoms with E-state index in [-0.39, 0.29) is 17.2 Å². The first-order valence-electron chi connectivity index (χ1n) is 6.43. The van der Waals surface area contributed by atoms with Gasteiger partial charge in [-0.3, -0.25) is 0 Å². The molecule has 0 saturated carbocycles. The number of nitrogens with zero attached hydrogens (tertiary/aromatic N) is 3. The minimum Gasteiger partial charge on any atom is -0.478 e. The molecule has 0 bridgehead atoms. The number of hydrogen-bond donors (Lipinski definition) is 1. The van der Waals surface area contributed by atoms with Gasteiger partial charge in [0.25, 0.3) is 0 Å². The number of aryl methyl sites for hydroxylation is 1. The average molecular weight is 289 g/mol. The van der Waals surface area contributed by atoms with Crippen molar-refractivity contribution in [3.63, 3.8) is 0 Å². The molecular weight excluding hydrogens is 273 g/mol. The second-order valence-corrected chi connectivity index (χ2v) is 4.90. The van der Waals surface area contributed by atoms with Crippen molar-refractivity contribution in [2.24, 2.45) is 0 Å². The highest BCUT2D eigenvalue weighted by molar-refractivity contribution is 5.95. The van der Waals surface area contributed by atoms with E-state index in [2.05, 4.69) is 10.2 Å². The number of benzene rings is 1. The lowest BCUT2D eigenvalue weighted by molar-refractivity contribution is 0.0696. The molecule has 0 aliphatic carbocycles.